The zero-order valence-electron chi connectivity index (χ0n) is 42.0. The summed E-state index contributed by atoms with van der Waals surface area (Å²) in [6.07, 6.45) is 0. The summed E-state index contributed by atoms with van der Waals surface area (Å²) in [6, 6.07) is 33.6. The van der Waals surface area contributed by atoms with E-state index in [2.05, 4.69) is 54.6 Å². The van der Waals surface area contributed by atoms with Gasteiger partial charge < -0.3 is 4.42 Å². The van der Waals surface area contributed by atoms with Crippen LogP contribution in [0.25, 0.3) is 110 Å². The number of benzene rings is 10. The van der Waals surface area contributed by atoms with E-state index in [1.807, 2.05) is 54.6 Å². The Morgan fingerprint density at radius 2 is 0.891 bits per heavy atom. The predicted octanol–water partition coefficient (Wildman–Crippen LogP) is 15.4. The minimum atomic E-state index is -0.723. The summed E-state index contributed by atoms with van der Waals surface area (Å²) in [7, 11) is 0. The molecule has 256 valence electrons. The molecule has 0 aliphatic rings. The summed E-state index contributed by atoms with van der Waals surface area (Å²) in [5, 5.41) is 2.59. The zero-order valence-corrected chi connectivity index (χ0v) is 29.0. The summed E-state index contributed by atoms with van der Waals surface area (Å²) in [4.78, 5) is 0. The van der Waals surface area contributed by atoms with Gasteiger partial charge in [0, 0.05) is 10.8 Å². The highest BCUT2D eigenvalue weighted by Gasteiger charge is 2.20. The molecule has 1 heteroatoms. The number of hydrogen-bond donors (Lipinski definition) is 0. The molecule has 0 N–H and O–H groups in total. The molecule has 0 saturated heterocycles. The van der Waals surface area contributed by atoms with Crippen LogP contribution in [0.2, 0.25) is 0 Å². The van der Waals surface area contributed by atoms with Crippen LogP contribution in [0.15, 0.2) is 210 Å². The maximum atomic E-state index is 9.45. The summed E-state index contributed by atoms with van der Waals surface area (Å²) in [6.45, 7) is 0. The normalized spacial score (nSPS) is 14.9. The lowest BCUT2D eigenvalue weighted by Gasteiger charge is -2.18. The van der Waals surface area contributed by atoms with Gasteiger partial charge in [-0.2, -0.15) is 0 Å². The number of fused-ring (bicyclic) bond motifs is 6. The van der Waals surface area contributed by atoms with Crippen LogP contribution in [0, 0.1) is 0 Å². The molecule has 0 fully saturated rings. The Kier molecular flexibility index (Phi) is 4.83. The molecule has 1 nitrogen and oxygen atoms in total. The Bertz CT molecular complexity index is 3900. The van der Waals surface area contributed by atoms with Crippen LogP contribution in [0.4, 0.5) is 0 Å². The summed E-state index contributed by atoms with van der Waals surface area (Å²) >= 11 is 0. The van der Waals surface area contributed by atoms with Crippen LogP contribution >= 0.6 is 0 Å². The molecule has 0 bridgehead atoms. The Balaban J connectivity index is 1.17. The van der Waals surface area contributed by atoms with Gasteiger partial charge in [-0.25, -0.2) is 0 Å². The monoisotopic (exact) mass is 711 g/mol. The Morgan fingerprint density at radius 3 is 1.62 bits per heavy atom. The molecule has 10 aromatic carbocycles. The van der Waals surface area contributed by atoms with Crippen molar-refractivity contribution in [3.63, 3.8) is 0 Å². The zero-order chi connectivity index (χ0) is 47.6. The van der Waals surface area contributed by atoms with Crippen LogP contribution < -0.4 is 0 Å². The first kappa shape index (κ1) is 20.9. The van der Waals surface area contributed by atoms with Crippen LogP contribution in [-0.4, -0.2) is 0 Å². The molecular formula is C54H34O. The van der Waals surface area contributed by atoms with E-state index >= 15 is 0 Å². The molecular weight excluding hydrogens is 665 g/mol. The van der Waals surface area contributed by atoms with Gasteiger partial charge in [-0.15, -0.1) is 0 Å². The first-order chi connectivity index (χ1) is 32.7. The maximum absolute atomic E-state index is 9.45. The minimum Gasteiger partial charge on any atom is -0.456 e. The quantitative estimate of drug-likeness (QED) is 0.162. The van der Waals surface area contributed by atoms with E-state index < -0.39 is 84.1 Å². The van der Waals surface area contributed by atoms with Gasteiger partial charge in [-0.3, -0.25) is 0 Å². The average Bonchev–Trinajstić information content (AvgIpc) is 3.75. The van der Waals surface area contributed by atoms with Crippen LogP contribution in [0.1, 0.15) is 17.8 Å². The standard InChI is InChI=1S/C54H34O/c1-2-14-38(15-3-1)52-44-19-8-10-21-46(44)53(47-22-11-9-20-45(47)52)48-23-12-24-51-54(48)49-34-40(31-32-50(49)55-51)36-25-28-37(29-26-36)42-17-6-7-18-43(42)41-30-27-35-13-4-5-16-39(35)33-41/h1-34H/i1D,2D,3D,8D,9D,10D,11D,14D,15D,19D,20D,21D,22D. The molecule has 55 heavy (non-hydrogen) atoms. The SMILES string of the molecule is [2H]c1c([2H])c([2H])c(-c2c3c([2H])c([2H])c([2H])c([2H])c3c(-c3cccc4oc5ccc(-c6ccc(-c7ccccc7-c7ccc8ccccc8c7)cc6)cc5c34)c3c([2H])c([2H])c([2H])c([2H])c23)c([2H])c1[2H]. The first-order valence-electron chi connectivity index (χ1n) is 24.4. The molecule has 0 unspecified atom stereocenters. The lowest BCUT2D eigenvalue weighted by molar-refractivity contribution is 0.669. The molecule has 1 heterocycles. The summed E-state index contributed by atoms with van der Waals surface area (Å²) in [5.74, 6) is 0. The minimum absolute atomic E-state index is 0.0400. The van der Waals surface area contributed by atoms with Crippen molar-refractivity contribution in [3.8, 4) is 55.6 Å². The number of furan rings is 1. The first-order valence-corrected chi connectivity index (χ1v) is 17.9. The van der Waals surface area contributed by atoms with Crippen molar-refractivity contribution in [3.05, 3.63) is 206 Å². The lowest BCUT2D eigenvalue weighted by Crippen LogP contribution is -1.91. The molecule has 11 rings (SSSR count). The average molecular weight is 712 g/mol. The molecule has 0 saturated carbocycles. The van der Waals surface area contributed by atoms with Crippen molar-refractivity contribution in [2.24, 2.45) is 0 Å². The van der Waals surface area contributed by atoms with Crippen molar-refractivity contribution in [1.29, 1.82) is 0 Å². The van der Waals surface area contributed by atoms with Crippen molar-refractivity contribution >= 4 is 54.3 Å². The molecule has 0 aliphatic carbocycles. The lowest BCUT2D eigenvalue weighted by atomic mass is 9.85. The number of rotatable bonds is 5. The maximum Gasteiger partial charge on any atom is 0.136 e. The third-order valence-electron chi connectivity index (χ3n) is 10.4. The van der Waals surface area contributed by atoms with Gasteiger partial charge >= 0.3 is 0 Å². The molecule has 1 aromatic heterocycles. The van der Waals surface area contributed by atoms with Crippen molar-refractivity contribution in [2.45, 2.75) is 0 Å². The Hall–Kier alpha value is -7.22. The van der Waals surface area contributed by atoms with Gasteiger partial charge in [-0.05, 0) is 112 Å². The smallest absolute Gasteiger partial charge is 0.136 e. The van der Waals surface area contributed by atoms with E-state index in [1.165, 1.54) is 5.39 Å². The topological polar surface area (TPSA) is 13.1 Å². The van der Waals surface area contributed by atoms with Gasteiger partial charge in [0.25, 0.3) is 0 Å². The van der Waals surface area contributed by atoms with Crippen LogP contribution in [-0.2, 0) is 0 Å². The molecule has 0 spiro atoms. The van der Waals surface area contributed by atoms with Crippen molar-refractivity contribution < 1.29 is 22.2 Å². The molecule has 11 aromatic rings. The van der Waals surface area contributed by atoms with Gasteiger partial charge in [0.2, 0.25) is 0 Å². The highest BCUT2D eigenvalue weighted by molar-refractivity contribution is 6.25. The fraction of sp³-hybridized carbons (Fsp3) is 0. The summed E-state index contributed by atoms with van der Waals surface area (Å²) in [5.41, 5.74) is 6.49. The largest absolute Gasteiger partial charge is 0.456 e. The third kappa shape index (κ3) is 5.16. The highest BCUT2D eigenvalue weighted by atomic mass is 16.3. The molecule has 0 aliphatic heterocycles. The predicted molar refractivity (Wildman–Crippen MR) is 233 cm³/mol. The van der Waals surface area contributed by atoms with Crippen molar-refractivity contribution in [2.75, 3.05) is 0 Å². The van der Waals surface area contributed by atoms with Crippen LogP contribution in [0.5, 0.6) is 0 Å². The van der Waals surface area contributed by atoms with E-state index in [0.29, 0.717) is 27.5 Å². The van der Waals surface area contributed by atoms with Gasteiger partial charge in [-0.1, -0.05) is 182 Å². The highest BCUT2D eigenvalue weighted by Crippen LogP contribution is 2.47. The Morgan fingerprint density at radius 1 is 0.327 bits per heavy atom. The summed E-state index contributed by atoms with van der Waals surface area (Å²) < 4.78 is 123. The molecule has 0 atom stereocenters. The van der Waals surface area contributed by atoms with E-state index in [9.17, 15) is 5.48 Å². The molecule has 0 amide bonds. The van der Waals surface area contributed by atoms with Crippen molar-refractivity contribution in [1.82, 2.24) is 0 Å². The van der Waals surface area contributed by atoms with E-state index in [0.717, 1.165) is 38.8 Å². The second kappa shape index (κ2) is 12.7. The van der Waals surface area contributed by atoms with Gasteiger partial charge in [0.15, 0.2) is 0 Å². The second-order valence-electron chi connectivity index (χ2n) is 13.4. The fourth-order valence-corrected chi connectivity index (χ4v) is 7.92. The fourth-order valence-electron chi connectivity index (χ4n) is 7.92. The van der Waals surface area contributed by atoms with E-state index in [1.54, 1.807) is 18.2 Å². The van der Waals surface area contributed by atoms with Crippen LogP contribution in [0.3, 0.4) is 0 Å². The van der Waals surface area contributed by atoms with Gasteiger partial charge in [0.1, 0.15) is 11.2 Å². The van der Waals surface area contributed by atoms with Gasteiger partial charge in [0.05, 0.1) is 17.8 Å². The third-order valence-corrected chi connectivity index (χ3v) is 10.4. The molecule has 0 radical (unpaired) electrons. The Labute approximate surface area is 337 Å². The number of hydrogen-bond acceptors (Lipinski definition) is 1. The van der Waals surface area contributed by atoms with E-state index in [-0.39, 0.29) is 32.7 Å². The second-order valence-corrected chi connectivity index (χ2v) is 13.4. The van der Waals surface area contributed by atoms with E-state index in [4.69, 9.17) is 16.8 Å².